The van der Waals surface area contributed by atoms with Crippen LogP contribution in [0.5, 0.6) is 0 Å². The Morgan fingerprint density at radius 1 is 0.803 bits per heavy atom. The third kappa shape index (κ3) is 12.6. The van der Waals surface area contributed by atoms with E-state index in [0.29, 0.717) is 4.99 Å². The van der Waals surface area contributed by atoms with Crippen LogP contribution in [0, 0.1) is 25.2 Å². The molecule has 2 aromatic carbocycles. The van der Waals surface area contributed by atoms with Gasteiger partial charge in [0, 0.05) is 45.9 Å². The van der Waals surface area contributed by atoms with Crippen LogP contribution in [0.3, 0.4) is 0 Å². The molecule has 4 aromatic rings. The van der Waals surface area contributed by atoms with E-state index in [9.17, 15) is 29.1 Å². The number of likely N-dealkylation sites (tertiary alicyclic amines) is 2. The van der Waals surface area contributed by atoms with Gasteiger partial charge in [0.15, 0.2) is 0 Å². The van der Waals surface area contributed by atoms with Crippen LogP contribution in [0.1, 0.15) is 76.9 Å². The van der Waals surface area contributed by atoms with Gasteiger partial charge in [-0.25, -0.2) is 9.97 Å². The minimum atomic E-state index is -1.04. The predicted molar refractivity (Wildman–Crippen MR) is 259 cm³/mol. The number of nitrogens with one attached hydrogen (secondary N) is 5. The molecule has 354 valence electrons. The maximum Gasteiger partial charge on any atom is 0.246 e. The zero-order chi connectivity index (χ0) is 47.9. The first-order chi connectivity index (χ1) is 31.3. The lowest BCUT2D eigenvalue weighted by molar-refractivity contribution is -0.144. The fourth-order valence-corrected chi connectivity index (χ4v) is 10.3. The molecule has 0 saturated carbocycles. The average molecular weight is 960 g/mol. The van der Waals surface area contributed by atoms with Crippen molar-refractivity contribution in [1.82, 2.24) is 46.5 Å². The number of thiocarbonyl (C=S) groups is 1. The molecule has 0 radical (unpaired) electrons. The number of aliphatic hydroxyl groups is 1. The molecule has 2 aromatic heterocycles. The molecular weight excluding hydrogens is 899 g/mol. The van der Waals surface area contributed by atoms with Crippen molar-refractivity contribution in [2.45, 2.75) is 118 Å². The Labute approximate surface area is 399 Å². The second-order valence-corrected chi connectivity index (χ2v) is 20.5. The van der Waals surface area contributed by atoms with E-state index in [2.05, 4.69) is 36.7 Å². The first-order valence-electron chi connectivity index (χ1n) is 22.1. The highest BCUT2D eigenvalue weighted by Crippen LogP contribution is 2.30. The van der Waals surface area contributed by atoms with Crippen LogP contribution < -0.4 is 26.7 Å². The number of hydroxylamine groups is 1. The summed E-state index contributed by atoms with van der Waals surface area (Å²) in [5.41, 5.74) is 11.4. The van der Waals surface area contributed by atoms with Crippen LogP contribution in [-0.2, 0) is 41.9 Å². The van der Waals surface area contributed by atoms with Gasteiger partial charge in [-0.15, -0.1) is 22.7 Å². The number of nitrogens with zero attached hydrogens (tertiary/aromatic N) is 4. The molecule has 5 amide bonds. The fourth-order valence-electron chi connectivity index (χ4n) is 8.16. The van der Waals surface area contributed by atoms with Crippen molar-refractivity contribution in [2.24, 2.45) is 11.3 Å². The molecule has 2 fully saturated rings. The molecule has 6 rings (SSSR count). The second kappa shape index (κ2) is 22.1. The van der Waals surface area contributed by atoms with Crippen LogP contribution in [0.4, 0.5) is 0 Å². The van der Waals surface area contributed by atoms with Crippen molar-refractivity contribution in [3.63, 3.8) is 0 Å². The Morgan fingerprint density at radius 2 is 1.32 bits per heavy atom. The smallest absolute Gasteiger partial charge is 0.246 e. The van der Waals surface area contributed by atoms with Gasteiger partial charge in [-0.2, -0.15) is 5.48 Å². The lowest BCUT2D eigenvalue weighted by Crippen LogP contribution is -2.58. The van der Waals surface area contributed by atoms with Gasteiger partial charge < -0.3 is 36.2 Å². The Morgan fingerprint density at radius 3 is 1.77 bits per heavy atom. The molecule has 0 aliphatic carbocycles. The Bertz CT molecular complexity index is 2360. The van der Waals surface area contributed by atoms with Crippen molar-refractivity contribution < 1.29 is 33.9 Å². The SMILES string of the molecule is CC(=O)N[C@H](C(=S)N1C[C@H](ONCC(=O)N[C@H](C(=O)N2C[C@H](O)C[C@H]2C(=O)NCc2ccc(-c3scnc3C)cc2)C(C)(C)C)C[C@H]1C(=O)NCc1ccc(-c2scnc2C)cc1)C(C)C. The number of β-amino-alcohol motifs (C(OH)–C–C–N with tert-alkyl or cyclic N) is 1. The highest BCUT2D eigenvalue weighted by molar-refractivity contribution is 7.80. The third-order valence-corrected chi connectivity index (χ3v) is 14.2. The number of hydrogen-bond donors (Lipinski definition) is 6. The van der Waals surface area contributed by atoms with Crippen LogP contribution in [0.25, 0.3) is 20.9 Å². The molecule has 0 unspecified atom stereocenters. The van der Waals surface area contributed by atoms with Gasteiger partial charge in [0.1, 0.15) is 23.1 Å². The summed E-state index contributed by atoms with van der Waals surface area (Å²) in [6.07, 6.45) is -1.20. The summed E-state index contributed by atoms with van der Waals surface area (Å²) in [5, 5.41) is 22.4. The standard InChI is InChI=1S/C47H61N9O7S3/c1-26(2)39(53-29(5)57)46(64)56-23-35(18-37(56)44(61)49-20-31-11-15-33(16-12-31)41-28(4)51-25-66-41)63-52-21-38(59)54-42(47(6,7)8)45(62)55-22-34(58)17-36(55)43(60)48-19-30-9-13-32(14-10-30)40-27(3)50-24-65-40/h9-16,24-26,34-37,39,42,52,58H,17-23H2,1-8H3,(H,48,60)(H,49,61)(H,53,57)(H,54,59)/t34-,35-,36+,37+,39+,42-/m1/s1. The zero-order valence-corrected chi connectivity index (χ0v) is 41.1. The number of thiazole rings is 2. The molecule has 4 heterocycles. The molecule has 2 saturated heterocycles. The number of carbonyl (C=O) groups is 5. The van der Waals surface area contributed by atoms with Crippen molar-refractivity contribution in [3.05, 3.63) is 82.1 Å². The van der Waals surface area contributed by atoms with E-state index in [-0.39, 0.29) is 63.3 Å². The number of aromatic nitrogens is 2. The van der Waals surface area contributed by atoms with Gasteiger partial charge in [-0.1, -0.05) is 95.4 Å². The van der Waals surface area contributed by atoms with Crippen LogP contribution in [0.15, 0.2) is 59.6 Å². The van der Waals surface area contributed by atoms with E-state index in [0.717, 1.165) is 43.4 Å². The molecule has 6 atom stereocenters. The van der Waals surface area contributed by atoms with E-state index in [1.165, 1.54) is 11.8 Å². The summed E-state index contributed by atoms with van der Waals surface area (Å²) >= 11 is 9.06. The van der Waals surface area contributed by atoms with Crippen LogP contribution in [-0.4, -0.2) is 115 Å². The van der Waals surface area contributed by atoms with E-state index < -0.39 is 59.5 Å². The predicted octanol–water partition coefficient (Wildman–Crippen LogP) is 4.43. The minimum Gasteiger partial charge on any atom is -0.391 e. The van der Waals surface area contributed by atoms with E-state index in [4.69, 9.17) is 17.1 Å². The lowest BCUT2D eigenvalue weighted by Gasteiger charge is -2.35. The average Bonchev–Trinajstić information content (AvgIpc) is 4.09. The maximum atomic E-state index is 14.2. The number of benzene rings is 2. The maximum absolute atomic E-state index is 14.2. The Balaban J connectivity index is 1.05. The summed E-state index contributed by atoms with van der Waals surface area (Å²) in [5.74, 6) is -2.01. The van der Waals surface area contributed by atoms with E-state index in [1.807, 2.05) is 103 Å². The topological polar surface area (TPSA) is 207 Å². The molecule has 2 aliphatic rings. The second-order valence-electron chi connectivity index (χ2n) is 18.4. The number of rotatable bonds is 17. The zero-order valence-electron chi connectivity index (χ0n) is 38.7. The highest BCUT2D eigenvalue weighted by Gasteiger charge is 2.45. The molecule has 2 aliphatic heterocycles. The summed E-state index contributed by atoms with van der Waals surface area (Å²) < 4.78 is 0. The van der Waals surface area contributed by atoms with E-state index >= 15 is 0 Å². The molecule has 16 nitrogen and oxygen atoms in total. The van der Waals surface area contributed by atoms with Crippen LogP contribution >= 0.6 is 34.9 Å². The molecule has 0 bridgehead atoms. The van der Waals surface area contributed by atoms with Crippen molar-refractivity contribution >= 4 is 69.4 Å². The Kier molecular flexibility index (Phi) is 16.8. The van der Waals surface area contributed by atoms with Crippen molar-refractivity contribution in [3.8, 4) is 20.9 Å². The first-order valence-corrected chi connectivity index (χ1v) is 24.3. The van der Waals surface area contributed by atoms with E-state index in [1.54, 1.807) is 33.1 Å². The highest BCUT2D eigenvalue weighted by atomic mass is 32.1. The third-order valence-electron chi connectivity index (χ3n) is 11.8. The Hall–Kier alpha value is -5.18. The first kappa shape index (κ1) is 50.2. The van der Waals surface area contributed by atoms with Gasteiger partial charge in [0.25, 0.3) is 0 Å². The fraction of sp³-hybridized carbons (Fsp3) is 0.489. The van der Waals surface area contributed by atoms with Gasteiger partial charge >= 0.3 is 0 Å². The van der Waals surface area contributed by atoms with Gasteiger partial charge in [-0.3, -0.25) is 28.8 Å². The number of carbonyl (C=O) groups excluding carboxylic acids is 5. The largest absolute Gasteiger partial charge is 0.391 e. The van der Waals surface area contributed by atoms with Crippen molar-refractivity contribution in [1.29, 1.82) is 0 Å². The number of amides is 5. The molecule has 19 heteroatoms. The minimum absolute atomic E-state index is 0.0580. The van der Waals surface area contributed by atoms with Gasteiger partial charge in [0.2, 0.25) is 29.5 Å². The summed E-state index contributed by atoms with van der Waals surface area (Å²) in [4.78, 5) is 87.6. The monoisotopic (exact) mass is 959 g/mol. The number of aliphatic hydroxyl groups excluding tert-OH is 1. The summed E-state index contributed by atoms with van der Waals surface area (Å²) in [7, 11) is 0. The van der Waals surface area contributed by atoms with Gasteiger partial charge in [-0.05, 0) is 47.4 Å². The normalized spacial score (nSPS) is 19.4. The lowest BCUT2D eigenvalue weighted by atomic mass is 9.85. The summed E-state index contributed by atoms with van der Waals surface area (Å²) in [6.45, 7) is 15.0. The van der Waals surface area contributed by atoms with Crippen molar-refractivity contribution in [2.75, 3.05) is 19.6 Å². The van der Waals surface area contributed by atoms with Crippen LogP contribution in [0.2, 0.25) is 0 Å². The molecule has 6 N–H and O–H groups in total. The number of aryl methyl sites for hydroxylation is 2. The molecule has 66 heavy (non-hydrogen) atoms. The van der Waals surface area contributed by atoms with Gasteiger partial charge in [0.05, 0.1) is 57.0 Å². The molecular formula is C47H61N9O7S3. The number of hydrogen-bond acceptors (Lipinski definition) is 13. The quantitative estimate of drug-likeness (QED) is 0.0643. The summed E-state index contributed by atoms with van der Waals surface area (Å²) in [6, 6.07) is 12.5. The molecule has 0 spiro atoms.